The molecule has 7 heteroatoms. The molecule has 1 aliphatic rings. The molecule has 0 radical (unpaired) electrons. The molecule has 1 aromatic heterocycles. The average Bonchev–Trinajstić information content (AvgIpc) is 2.90. The van der Waals surface area contributed by atoms with Crippen LogP contribution in [0.2, 0.25) is 10.0 Å². The van der Waals surface area contributed by atoms with Crippen LogP contribution < -0.4 is 10.1 Å². The van der Waals surface area contributed by atoms with E-state index in [9.17, 15) is 10.1 Å². The minimum Gasteiger partial charge on any atom is -0.481 e. The van der Waals surface area contributed by atoms with Gasteiger partial charge in [-0.15, -0.1) is 11.3 Å². The molecule has 4 nitrogen and oxygen atoms in total. The number of carbonyl (C=O) groups is 1. The molecule has 0 spiro atoms. The molecule has 0 fully saturated rings. The molecule has 1 unspecified atom stereocenters. The Morgan fingerprint density at radius 1 is 1.44 bits per heavy atom. The number of nitrogens with one attached hydrogen (secondary N) is 1. The van der Waals surface area contributed by atoms with E-state index in [0.29, 0.717) is 26.5 Å². The molecule has 0 aliphatic heterocycles. The van der Waals surface area contributed by atoms with E-state index in [2.05, 4.69) is 18.3 Å². The van der Waals surface area contributed by atoms with Gasteiger partial charge < -0.3 is 10.1 Å². The number of thiophene rings is 1. The maximum Gasteiger partial charge on any atom is 0.262 e. The second kappa shape index (κ2) is 7.65. The second-order valence-corrected chi connectivity index (χ2v) is 7.97. The molecule has 0 saturated heterocycles. The number of nitriles is 1. The number of amides is 1. The molecule has 0 bridgehead atoms. The number of carbonyl (C=O) groups excluding carboxylic acids is 1. The zero-order chi connectivity index (χ0) is 18.0. The maximum absolute atomic E-state index is 12.2. The van der Waals surface area contributed by atoms with Gasteiger partial charge in [-0.3, -0.25) is 4.79 Å². The van der Waals surface area contributed by atoms with E-state index in [1.165, 1.54) is 16.2 Å². The van der Waals surface area contributed by atoms with Gasteiger partial charge in [-0.05, 0) is 42.9 Å². The lowest BCUT2D eigenvalue weighted by Gasteiger charge is -2.17. The molecule has 25 heavy (non-hydrogen) atoms. The first-order chi connectivity index (χ1) is 12.0. The lowest BCUT2D eigenvalue weighted by Crippen LogP contribution is -2.20. The fourth-order valence-electron chi connectivity index (χ4n) is 2.88. The molecule has 3 rings (SSSR count). The zero-order valence-corrected chi connectivity index (χ0v) is 15.9. The van der Waals surface area contributed by atoms with Crippen molar-refractivity contribution in [3.63, 3.8) is 0 Å². The fraction of sp³-hybridized carbons (Fsp3) is 0.333. The number of nitrogens with zero attached hydrogens (tertiary/aromatic N) is 1. The summed E-state index contributed by atoms with van der Waals surface area (Å²) in [6.45, 7) is 1.97. The van der Waals surface area contributed by atoms with Gasteiger partial charge in [-0.2, -0.15) is 5.26 Å². The van der Waals surface area contributed by atoms with E-state index in [1.807, 2.05) is 0 Å². The molecule has 2 aromatic rings. The van der Waals surface area contributed by atoms with Gasteiger partial charge in [0.05, 0.1) is 15.6 Å². The molecule has 1 aromatic carbocycles. The van der Waals surface area contributed by atoms with Gasteiger partial charge in [0.1, 0.15) is 11.1 Å². The van der Waals surface area contributed by atoms with Crippen molar-refractivity contribution < 1.29 is 9.53 Å². The van der Waals surface area contributed by atoms with E-state index in [0.717, 1.165) is 24.8 Å². The number of benzene rings is 1. The molecule has 1 amide bonds. The van der Waals surface area contributed by atoms with Crippen molar-refractivity contribution in [3.05, 3.63) is 44.2 Å². The normalized spacial score (nSPS) is 16.0. The summed E-state index contributed by atoms with van der Waals surface area (Å²) in [4.78, 5) is 13.4. The standard InChI is InChI=1S/C18H16Cl2N2O2S/c1-10-5-6-11-12(8-21)18(25-15(11)7-10)22-16(23)9-24-17-13(19)3-2-4-14(17)20/h2-4,10H,5-7,9H2,1H3,(H,22,23). The monoisotopic (exact) mass is 394 g/mol. The summed E-state index contributed by atoms with van der Waals surface area (Å²) in [5, 5.41) is 13.5. The second-order valence-electron chi connectivity index (χ2n) is 6.06. The molecule has 1 heterocycles. The summed E-state index contributed by atoms with van der Waals surface area (Å²) in [5.74, 6) is 0.534. The summed E-state index contributed by atoms with van der Waals surface area (Å²) in [6, 6.07) is 7.21. The van der Waals surface area contributed by atoms with Crippen LogP contribution in [0.25, 0.3) is 0 Å². The van der Waals surface area contributed by atoms with Crippen LogP contribution in [-0.2, 0) is 17.6 Å². The van der Waals surface area contributed by atoms with Gasteiger partial charge in [-0.1, -0.05) is 36.2 Å². The van der Waals surface area contributed by atoms with Crippen molar-refractivity contribution in [1.82, 2.24) is 0 Å². The van der Waals surface area contributed by atoms with E-state index < -0.39 is 0 Å². The van der Waals surface area contributed by atoms with Crippen LogP contribution in [0.5, 0.6) is 5.75 Å². The van der Waals surface area contributed by atoms with Gasteiger partial charge in [0, 0.05) is 4.88 Å². The maximum atomic E-state index is 12.2. The van der Waals surface area contributed by atoms with E-state index >= 15 is 0 Å². The van der Waals surface area contributed by atoms with Crippen LogP contribution in [0.15, 0.2) is 18.2 Å². The molecule has 1 aliphatic carbocycles. The number of rotatable bonds is 4. The number of halogens is 2. The molecule has 130 valence electrons. The summed E-state index contributed by atoms with van der Waals surface area (Å²) in [5.41, 5.74) is 1.66. The average molecular weight is 395 g/mol. The smallest absolute Gasteiger partial charge is 0.262 e. The minimum atomic E-state index is -0.348. The Bertz CT molecular complexity index is 837. The Hall–Kier alpha value is -1.74. The van der Waals surface area contributed by atoms with Crippen LogP contribution in [0.1, 0.15) is 29.3 Å². The summed E-state index contributed by atoms with van der Waals surface area (Å²) in [7, 11) is 0. The fourth-order valence-corrected chi connectivity index (χ4v) is 4.76. The van der Waals surface area contributed by atoms with Crippen molar-refractivity contribution in [3.8, 4) is 11.8 Å². The largest absolute Gasteiger partial charge is 0.481 e. The number of anilines is 1. The van der Waals surface area contributed by atoms with Crippen molar-refractivity contribution in [2.75, 3.05) is 11.9 Å². The van der Waals surface area contributed by atoms with Crippen molar-refractivity contribution in [2.24, 2.45) is 5.92 Å². The number of fused-ring (bicyclic) bond motifs is 1. The number of hydrogen-bond acceptors (Lipinski definition) is 4. The number of para-hydroxylation sites is 1. The first-order valence-corrected chi connectivity index (χ1v) is 9.48. The van der Waals surface area contributed by atoms with Crippen LogP contribution in [-0.4, -0.2) is 12.5 Å². The molecular formula is C18H16Cl2N2O2S. The first kappa shape index (κ1) is 18.1. The van der Waals surface area contributed by atoms with Gasteiger partial charge in [0.15, 0.2) is 12.4 Å². The van der Waals surface area contributed by atoms with Gasteiger partial charge in [0.25, 0.3) is 5.91 Å². The lowest BCUT2D eigenvalue weighted by molar-refractivity contribution is -0.118. The van der Waals surface area contributed by atoms with Crippen LogP contribution in [0, 0.1) is 17.2 Å². The Balaban J connectivity index is 1.71. The summed E-state index contributed by atoms with van der Waals surface area (Å²) in [6.07, 6.45) is 2.91. The third-order valence-electron chi connectivity index (χ3n) is 4.14. The third-order valence-corrected chi connectivity index (χ3v) is 5.91. The molecular weight excluding hydrogens is 379 g/mol. The predicted octanol–water partition coefficient (Wildman–Crippen LogP) is 5.07. The molecule has 0 saturated carbocycles. The molecule has 1 atom stereocenters. The number of hydrogen-bond donors (Lipinski definition) is 1. The van der Waals surface area contributed by atoms with Gasteiger partial charge in [-0.25, -0.2) is 0 Å². The minimum absolute atomic E-state index is 0.229. The topological polar surface area (TPSA) is 62.1 Å². The van der Waals surface area contributed by atoms with Crippen LogP contribution in [0.4, 0.5) is 5.00 Å². The summed E-state index contributed by atoms with van der Waals surface area (Å²) < 4.78 is 5.44. The van der Waals surface area contributed by atoms with Crippen molar-refractivity contribution in [1.29, 1.82) is 5.26 Å². The molecule has 1 N–H and O–H groups in total. The Kier molecular flexibility index (Phi) is 5.53. The zero-order valence-electron chi connectivity index (χ0n) is 13.6. The highest BCUT2D eigenvalue weighted by Gasteiger charge is 2.24. The first-order valence-electron chi connectivity index (χ1n) is 7.91. The van der Waals surface area contributed by atoms with E-state index in [1.54, 1.807) is 18.2 Å². The highest BCUT2D eigenvalue weighted by molar-refractivity contribution is 7.16. The van der Waals surface area contributed by atoms with Gasteiger partial charge >= 0.3 is 0 Å². The Labute approximate surface area is 160 Å². The van der Waals surface area contributed by atoms with Crippen LogP contribution in [0.3, 0.4) is 0 Å². The summed E-state index contributed by atoms with van der Waals surface area (Å²) >= 11 is 13.5. The SMILES string of the molecule is CC1CCc2c(sc(NC(=O)COc3c(Cl)cccc3Cl)c2C#N)C1. The lowest BCUT2D eigenvalue weighted by atomic mass is 9.89. The predicted molar refractivity (Wildman–Crippen MR) is 101 cm³/mol. The van der Waals surface area contributed by atoms with E-state index in [4.69, 9.17) is 27.9 Å². The van der Waals surface area contributed by atoms with Crippen LogP contribution >= 0.6 is 34.5 Å². The highest BCUT2D eigenvalue weighted by atomic mass is 35.5. The Morgan fingerprint density at radius 2 is 2.16 bits per heavy atom. The quantitative estimate of drug-likeness (QED) is 0.786. The van der Waals surface area contributed by atoms with Gasteiger partial charge in [0.2, 0.25) is 0 Å². The van der Waals surface area contributed by atoms with Crippen molar-refractivity contribution in [2.45, 2.75) is 26.2 Å². The number of ether oxygens (including phenoxy) is 1. The third kappa shape index (κ3) is 3.92. The highest BCUT2D eigenvalue weighted by Crippen LogP contribution is 2.39. The van der Waals surface area contributed by atoms with Crippen molar-refractivity contribution >= 4 is 45.4 Å². The van der Waals surface area contributed by atoms with E-state index in [-0.39, 0.29) is 18.3 Å². The Morgan fingerprint density at radius 3 is 2.84 bits per heavy atom.